The Hall–Kier alpha value is -0.120. The lowest BCUT2D eigenvalue weighted by Crippen LogP contribution is -2.39. The first-order valence-corrected chi connectivity index (χ1v) is 11.1. The van der Waals surface area contributed by atoms with Crippen molar-refractivity contribution in [2.75, 3.05) is 47.9 Å². The molecule has 25 heavy (non-hydrogen) atoms. The van der Waals surface area contributed by atoms with E-state index in [1.165, 1.54) is 89.9 Å². The molecule has 0 bridgehead atoms. The summed E-state index contributed by atoms with van der Waals surface area (Å²) < 4.78 is 0.965. The predicted octanol–water partition coefficient (Wildman–Crippen LogP) is 6.04. The molecule has 0 aliphatic carbocycles. The van der Waals surface area contributed by atoms with E-state index in [0.717, 1.165) is 24.2 Å². The molecule has 0 aliphatic heterocycles. The Kier molecular flexibility index (Phi) is 17.2. The summed E-state index contributed by atoms with van der Waals surface area (Å²) >= 11 is 0. The second-order valence-electron chi connectivity index (χ2n) is 8.79. The summed E-state index contributed by atoms with van der Waals surface area (Å²) in [5, 5.41) is 2.02. The number of hydrogen-bond acceptors (Lipinski definition) is 2. The van der Waals surface area contributed by atoms with Gasteiger partial charge < -0.3 is 4.48 Å². The Morgan fingerprint density at radius 2 is 1.04 bits per heavy atom. The zero-order chi connectivity index (χ0) is 18.8. The summed E-state index contributed by atoms with van der Waals surface area (Å²) in [6, 6.07) is 0. The van der Waals surface area contributed by atoms with Crippen LogP contribution in [0.5, 0.6) is 0 Å². The van der Waals surface area contributed by atoms with Crippen LogP contribution in [0.1, 0.15) is 96.8 Å². The third-order valence-electron chi connectivity index (χ3n) is 4.90. The standard InChI is InChI=1S/C22H49N2O/c1-6-7-8-9-10-11-12-13-14-15-16-17-18-19-20-23(2)25-22-21-24(3,4)5/h6-22H2,1-5H3/q+1. The number of unbranched alkanes of at least 4 members (excludes halogenated alkanes) is 13. The molecule has 0 heterocycles. The highest BCUT2D eigenvalue weighted by atomic mass is 16.7. The zero-order valence-electron chi connectivity index (χ0n) is 18.3. The highest BCUT2D eigenvalue weighted by Crippen LogP contribution is 2.13. The van der Waals surface area contributed by atoms with Crippen molar-refractivity contribution in [3.8, 4) is 0 Å². The monoisotopic (exact) mass is 357 g/mol. The molecule has 0 aliphatic rings. The van der Waals surface area contributed by atoms with Crippen LogP contribution in [0, 0.1) is 0 Å². The quantitative estimate of drug-likeness (QED) is 0.159. The first kappa shape index (κ1) is 24.9. The lowest BCUT2D eigenvalue weighted by molar-refractivity contribution is -0.871. The van der Waals surface area contributed by atoms with E-state index in [-0.39, 0.29) is 0 Å². The van der Waals surface area contributed by atoms with Crippen LogP contribution in [0.25, 0.3) is 0 Å². The molecular formula is C22H49N2O+. The number of quaternary nitrogens is 1. The van der Waals surface area contributed by atoms with Gasteiger partial charge in [-0.1, -0.05) is 90.4 Å². The van der Waals surface area contributed by atoms with Crippen molar-refractivity contribution >= 4 is 0 Å². The first-order valence-electron chi connectivity index (χ1n) is 11.1. The minimum Gasteiger partial charge on any atom is -0.329 e. The van der Waals surface area contributed by atoms with Crippen molar-refractivity contribution in [1.29, 1.82) is 0 Å². The van der Waals surface area contributed by atoms with E-state index in [0.29, 0.717) is 0 Å². The second-order valence-corrected chi connectivity index (χ2v) is 8.79. The maximum atomic E-state index is 5.75. The zero-order valence-corrected chi connectivity index (χ0v) is 18.3. The van der Waals surface area contributed by atoms with Gasteiger partial charge in [-0.05, 0) is 6.42 Å². The fourth-order valence-corrected chi connectivity index (χ4v) is 3.06. The molecule has 0 atom stereocenters. The van der Waals surface area contributed by atoms with Crippen LogP contribution in [-0.2, 0) is 4.84 Å². The summed E-state index contributed by atoms with van der Waals surface area (Å²) in [5.74, 6) is 0. The Morgan fingerprint density at radius 1 is 0.640 bits per heavy atom. The van der Waals surface area contributed by atoms with Crippen molar-refractivity contribution in [2.24, 2.45) is 0 Å². The Morgan fingerprint density at radius 3 is 1.44 bits per heavy atom. The molecule has 0 amide bonds. The molecule has 0 aromatic carbocycles. The lowest BCUT2D eigenvalue weighted by Gasteiger charge is -2.25. The van der Waals surface area contributed by atoms with Crippen molar-refractivity contribution < 1.29 is 9.32 Å². The summed E-state index contributed by atoms with van der Waals surface area (Å²) in [6.07, 6.45) is 19.8. The smallest absolute Gasteiger partial charge is 0.117 e. The molecule has 0 aromatic heterocycles. The van der Waals surface area contributed by atoms with E-state index in [2.05, 4.69) is 35.1 Å². The Bertz CT molecular complexity index is 263. The van der Waals surface area contributed by atoms with Gasteiger partial charge in [0.2, 0.25) is 0 Å². The van der Waals surface area contributed by atoms with Crippen LogP contribution >= 0.6 is 0 Å². The predicted molar refractivity (Wildman–Crippen MR) is 112 cm³/mol. The number of hydroxylamine groups is 2. The number of likely N-dealkylation sites (N-methyl/N-ethyl adjacent to an activating group) is 1. The summed E-state index contributed by atoms with van der Waals surface area (Å²) in [7, 11) is 8.68. The van der Waals surface area contributed by atoms with Gasteiger partial charge >= 0.3 is 0 Å². The molecule has 3 heteroatoms. The molecule has 0 rings (SSSR count). The number of nitrogens with zero attached hydrogens (tertiary/aromatic N) is 2. The van der Waals surface area contributed by atoms with E-state index in [9.17, 15) is 0 Å². The molecule has 0 saturated heterocycles. The van der Waals surface area contributed by atoms with E-state index >= 15 is 0 Å². The van der Waals surface area contributed by atoms with Gasteiger partial charge in [0.1, 0.15) is 13.2 Å². The molecule has 0 fully saturated rings. The summed E-state index contributed by atoms with van der Waals surface area (Å²) in [4.78, 5) is 5.75. The van der Waals surface area contributed by atoms with E-state index in [1.807, 2.05) is 5.06 Å². The molecule has 0 saturated carbocycles. The molecule has 0 N–H and O–H groups in total. The van der Waals surface area contributed by atoms with Crippen molar-refractivity contribution in [3.05, 3.63) is 0 Å². The van der Waals surface area contributed by atoms with Crippen LogP contribution in [0.4, 0.5) is 0 Å². The van der Waals surface area contributed by atoms with Crippen molar-refractivity contribution in [2.45, 2.75) is 96.8 Å². The minimum atomic E-state index is 0.818. The molecule has 152 valence electrons. The van der Waals surface area contributed by atoms with E-state index in [4.69, 9.17) is 4.84 Å². The summed E-state index contributed by atoms with van der Waals surface area (Å²) in [5.41, 5.74) is 0. The van der Waals surface area contributed by atoms with Crippen LogP contribution < -0.4 is 0 Å². The van der Waals surface area contributed by atoms with E-state index < -0.39 is 0 Å². The molecule has 0 unspecified atom stereocenters. The molecular weight excluding hydrogens is 308 g/mol. The Balaban J connectivity index is 3.15. The maximum Gasteiger partial charge on any atom is 0.117 e. The normalized spacial score (nSPS) is 12.2. The minimum absolute atomic E-state index is 0.818. The lowest BCUT2D eigenvalue weighted by atomic mass is 10.0. The van der Waals surface area contributed by atoms with E-state index in [1.54, 1.807) is 0 Å². The van der Waals surface area contributed by atoms with Gasteiger partial charge in [-0.2, -0.15) is 5.06 Å². The van der Waals surface area contributed by atoms with Gasteiger partial charge in [-0.25, -0.2) is 0 Å². The SMILES string of the molecule is CCCCCCCCCCCCCCCCN(C)OCC[N+](C)(C)C. The van der Waals surface area contributed by atoms with Gasteiger partial charge in [0.05, 0.1) is 21.1 Å². The van der Waals surface area contributed by atoms with Gasteiger partial charge in [0.15, 0.2) is 0 Å². The highest BCUT2D eigenvalue weighted by molar-refractivity contribution is 4.50. The number of hydrogen-bond donors (Lipinski definition) is 0. The topological polar surface area (TPSA) is 12.5 Å². The summed E-state index contributed by atoms with van der Waals surface area (Å²) in [6.45, 7) is 5.23. The average molecular weight is 358 g/mol. The van der Waals surface area contributed by atoms with Gasteiger partial charge in [0.25, 0.3) is 0 Å². The van der Waals surface area contributed by atoms with Crippen LogP contribution in [0.3, 0.4) is 0 Å². The third-order valence-corrected chi connectivity index (χ3v) is 4.90. The third kappa shape index (κ3) is 21.8. The fourth-order valence-electron chi connectivity index (χ4n) is 3.06. The fraction of sp³-hybridized carbons (Fsp3) is 1.00. The van der Waals surface area contributed by atoms with Gasteiger partial charge in [-0.15, -0.1) is 0 Å². The van der Waals surface area contributed by atoms with Crippen LogP contribution in [-0.4, -0.2) is 57.4 Å². The highest BCUT2D eigenvalue weighted by Gasteiger charge is 2.07. The first-order chi connectivity index (χ1) is 12.0. The molecule has 0 radical (unpaired) electrons. The van der Waals surface area contributed by atoms with Crippen LogP contribution in [0.2, 0.25) is 0 Å². The molecule has 0 aromatic rings. The molecule has 0 spiro atoms. The average Bonchev–Trinajstić information content (AvgIpc) is 2.54. The molecule has 3 nitrogen and oxygen atoms in total. The number of rotatable bonds is 19. The van der Waals surface area contributed by atoms with Gasteiger partial charge in [-0.3, -0.25) is 4.84 Å². The largest absolute Gasteiger partial charge is 0.329 e. The van der Waals surface area contributed by atoms with Crippen LogP contribution in [0.15, 0.2) is 0 Å². The second kappa shape index (κ2) is 17.3. The van der Waals surface area contributed by atoms with Gasteiger partial charge in [0, 0.05) is 13.6 Å². The maximum absolute atomic E-state index is 5.75. The Labute approximate surface area is 159 Å². The van der Waals surface area contributed by atoms with Crippen molar-refractivity contribution in [3.63, 3.8) is 0 Å². The van der Waals surface area contributed by atoms with Crippen molar-refractivity contribution in [1.82, 2.24) is 5.06 Å².